The predicted octanol–water partition coefficient (Wildman–Crippen LogP) is 2.77. The van der Waals surface area contributed by atoms with Gasteiger partial charge < -0.3 is 25.4 Å². The molecule has 30 heavy (non-hydrogen) atoms. The fourth-order valence-electron chi connectivity index (χ4n) is 4.88. The molecule has 0 radical (unpaired) electrons. The fraction of sp³-hybridized carbons (Fsp3) is 0.524. The van der Waals surface area contributed by atoms with Crippen molar-refractivity contribution in [1.82, 2.24) is 0 Å². The molecule has 0 spiro atoms. The number of aliphatic hydroxyl groups excluding tert-OH is 1. The number of halogens is 1. The number of rotatable bonds is 4. The molecule has 3 atom stereocenters. The molecule has 5 rings (SSSR count). The topological polar surface area (TPSA) is 103 Å². The molecule has 4 aliphatic rings. The van der Waals surface area contributed by atoms with E-state index in [4.69, 9.17) is 10.5 Å². The number of hydrogen-bond donors (Lipinski definition) is 2. The van der Waals surface area contributed by atoms with Crippen molar-refractivity contribution in [2.45, 2.75) is 30.7 Å². The molecule has 1 saturated heterocycles. The number of allylic oxidation sites excluding steroid dienone is 1. The minimum atomic E-state index is -0.860. The van der Waals surface area contributed by atoms with E-state index < -0.39 is 17.1 Å². The molecule has 0 amide bonds. The van der Waals surface area contributed by atoms with E-state index in [1.807, 2.05) is 11.0 Å². The summed E-state index contributed by atoms with van der Waals surface area (Å²) in [7, 11) is 1.49. The molecule has 0 aromatic heterocycles. The minimum Gasteiger partial charge on any atom is -0.509 e. The van der Waals surface area contributed by atoms with E-state index in [0.717, 1.165) is 19.3 Å². The normalized spacial score (nSPS) is 27.9. The summed E-state index contributed by atoms with van der Waals surface area (Å²) >= 11 is 1.21. The smallest absolute Gasteiger partial charge is 0.178 e. The molecular formula is C21H23FN4O3S. The van der Waals surface area contributed by atoms with Crippen molar-refractivity contribution in [3.8, 4) is 11.8 Å². The largest absolute Gasteiger partial charge is 0.509 e. The SMILES string of the molecule is COc1c(N2CCC(CN)C2)c(F)cc2c1N(C1CC1)[C@H]1SC(C#N)=C(O)C1C2=O. The van der Waals surface area contributed by atoms with E-state index in [0.29, 0.717) is 42.7 Å². The second kappa shape index (κ2) is 7.06. The molecule has 3 aliphatic heterocycles. The van der Waals surface area contributed by atoms with Gasteiger partial charge >= 0.3 is 0 Å². The number of aliphatic hydroxyl groups is 1. The van der Waals surface area contributed by atoms with Gasteiger partial charge in [0.1, 0.15) is 28.3 Å². The summed E-state index contributed by atoms with van der Waals surface area (Å²) in [6.07, 6.45) is 2.76. The van der Waals surface area contributed by atoms with Gasteiger partial charge in [-0.05, 0) is 37.8 Å². The molecule has 1 aromatic carbocycles. The van der Waals surface area contributed by atoms with Crippen molar-refractivity contribution >= 4 is 28.9 Å². The number of nitriles is 1. The number of anilines is 2. The highest BCUT2D eigenvalue weighted by atomic mass is 32.2. The minimum absolute atomic E-state index is 0.154. The van der Waals surface area contributed by atoms with Crippen molar-refractivity contribution in [1.29, 1.82) is 5.26 Å². The van der Waals surface area contributed by atoms with E-state index in [9.17, 15) is 15.2 Å². The zero-order valence-corrected chi connectivity index (χ0v) is 17.4. The van der Waals surface area contributed by atoms with Gasteiger partial charge in [-0.1, -0.05) is 11.8 Å². The number of benzene rings is 1. The van der Waals surface area contributed by atoms with Crippen LogP contribution in [-0.2, 0) is 0 Å². The monoisotopic (exact) mass is 430 g/mol. The van der Waals surface area contributed by atoms with Crippen LogP contribution in [-0.4, -0.2) is 49.0 Å². The first-order chi connectivity index (χ1) is 14.5. The van der Waals surface area contributed by atoms with Crippen molar-refractivity contribution in [3.05, 3.63) is 28.1 Å². The Balaban J connectivity index is 1.68. The Kier molecular flexibility index (Phi) is 4.60. The van der Waals surface area contributed by atoms with Crippen LogP contribution in [0.25, 0.3) is 0 Å². The van der Waals surface area contributed by atoms with Gasteiger partial charge in [-0.25, -0.2) is 4.39 Å². The third kappa shape index (κ3) is 2.70. The van der Waals surface area contributed by atoms with E-state index in [1.165, 1.54) is 24.9 Å². The molecule has 2 unspecified atom stereocenters. The first kappa shape index (κ1) is 19.5. The average Bonchev–Trinajstić information content (AvgIpc) is 3.37. The highest BCUT2D eigenvalue weighted by Gasteiger charge is 2.54. The van der Waals surface area contributed by atoms with Crippen molar-refractivity contribution in [2.24, 2.45) is 17.6 Å². The number of ketones is 1. The lowest BCUT2D eigenvalue weighted by Crippen LogP contribution is -2.47. The van der Waals surface area contributed by atoms with E-state index >= 15 is 4.39 Å². The van der Waals surface area contributed by atoms with Crippen LogP contribution in [0.2, 0.25) is 0 Å². The van der Waals surface area contributed by atoms with Crippen LogP contribution in [0.3, 0.4) is 0 Å². The maximum absolute atomic E-state index is 15.4. The van der Waals surface area contributed by atoms with Crippen LogP contribution < -0.4 is 20.3 Å². The number of carbonyl (C=O) groups is 1. The van der Waals surface area contributed by atoms with Gasteiger partial charge in [0.25, 0.3) is 0 Å². The van der Waals surface area contributed by atoms with E-state index in [1.54, 1.807) is 0 Å². The molecule has 3 heterocycles. The Bertz CT molecular complexity index is 1000. The summed E-state index contributed by atoms with van der Waals surface area (Å²) in [4.78, 5) is 17.5. The van der Waals surface area contributed by atoms with Gasteiger partial charge in [-0.15, -0.1) is 0 Å². The molecule has 9 heteroatoms. The van der Waals surface area contributed by atoms with Crippen LogP contribution >= 0.6 is 11.8 Å². The molecule has 1 aromatic rings. The van der Waals surface area contributed by atoms with Crippen molar-refractivity contribution < 1.29 is 19.0 Å². The van der Waals surface area contributed by atoms with Crippen LogP contribution in [0.1, 0.15) is 29.6 Å². The Labute approximate surface area is 178 Å². The lowest BCUT2D eigenvalue weighted by atomic mass is 9.88. The quantitative estimate of drug-likeness (QED) is 0.752. The highest BCUT2D eigenvalue weighted by Crippen LogP contribution is 2.57. The third-order valence-corrected chi connectivity index (χ3v) is 7.77. The molecule has 0 bridgehead atoms. The van der Waals surface area contributed by atoms with Gasteiger partial charge in [-0.3, -0.25) is 4.79 Å². The summed E-state index contributed by atoms with van der Waals surface area (Å²) in [5.74, 6) is -1.30. The number of thioether (sulfide) groups is 1. The number of nitrogens with zero attached hydrogens (tertiary/aromatic N) is 3. The zero-order valence-electron chi connectivity index (χ0n) is 16.6. The summed E-state index contributed by atoms with van der Waals surface area (Å²) in [5, 5.41) is 19.5. The van der Waals surface area contributed by atoms with Crippen LogP contribution in [0.4, 0.5) is 15.8 Å². The molecule has 1 saturated carbocycles. The maximum Gasteiger partial charge on any atom is 0.178 e. The number of carbonyl (C=O) groups excluding carboxylic acids is 1. The molecule has 3 N–H and O–H groups in total. The summed E-state index contributed by atoms with van der Waals surface area (Å²) in [6.45, 7) is 1.86. The van der Waals surface area contributed by atoms with Crippen LogP contribution in [0.15, 0.2) is 16.7 Å². The zero-order chi connectivity index (χ0) is 21.2. The number of ether oxygens (including phenoxy) is 1. The number of Topliss-reactive ketones (excluding diaryl/α,β-unsaturated/α-hetero) is 1. The Morgan fingerprint density at radius 3 is 2.77 bits per heavy atom. The molecule has 1 aliphatic carbocycles. The Morgan fingerprint density at radius 1 is 1.40 bits per heavy atom. The first-order valence-corrected chi connectivity index (χ1v) is 11.1. The summed E-state index contributed by atoms with van der Waals surface area (Å²) in [6, 6.07) is 3.44. The van der Waals surface area contributed by atoms with Crippen LogP contribution in [0, 0.1) is 29.0 Å². The molecule has 7 nitrogen and oxygen atoms in total. The van der Waals surface area contributed by atoms with Gasteiger partial charge in [0.2, 0.25) is 0 Å². The second-order valence-electron chi connectivity index (χ2n) is 8.29. The predicted molar refractivity (Wildman–Crippen MR) is 112 cm³/mol. The van der Waals surface area contributed by atoms with Gasteiger partial charge in [0.15, 0.2) is 17.3 Å². The van der Waals surface area contributed by atoms with Crippen molar-refractivity contribution in [2.75, 3.05) is 36.5 Å². The number of nitrogens with two attached hydrogens (primary N) is 1. The number of fused-ring (bicyclic) bond motifs is 2. The molecule has 158 valence electrons. The first-order valence-electron chi connectivity index (χ1n) is 10.2. The maximum atomic E-state index is 15.4. The Hall–Kier alpha value is -2.44. The van der Waals surface area contributed by atoms with Crippen molar-refractivity contribution in [3.63, 3.8) is 0 Å². The molecular weight excluding hydrogens is 407 g/mol. The average molecular weight is 431 g/mol. The lowest BCUT2D eigenvalue weighted by molar-refractivity contribution is 0.0903. The Morgan fingerprint density at radius 2 is 2.17 bits per heavy atom. The highest BCUT2D eigenvalue weighted by molar-refractivity contribution is 8.04. The fourth-order valence-corrected chi connectivity index (χ4v) is 6.21. The number of methoxy groups -OCH3 is 1. The summed E-state index contributed by atoms with van der Waals surface area (Å²) < 4.78 is 21.1. The standard InChI is InChI=1S/C21H23FN4O3S/c1-29-20-16-12(6-13(22)17(20)25-5-4-10(7-23)9-25)18(27)15-19(28)14(8-24)30-21(15)26(16)11-2-3-11/h6,10-11,15,21,28H,2-5,7,9,23H2,1H3/t10?,15?,21-/m0/s1. The molecule has 2 fully saturated rings. The second-order valence-corrected chi connectivity index (χ2v) is 9.41. The third-order valence-electron chi connectivity index (χ3n) is 6.50. The van der Waals surface area contributed by atoms with Gasteiger partial charge in [0.05, 0.1) is 18.2 Å². The van der Waals surface area contributed by atoms with Gasteiger partial charge in [0, 0.05) is 24.7 Å². The summed E-state index contributed by atoms with van der Waals surface area (Å²) in [5.41, 5.74) is 6.98. The van der Waals surface area contributed by atoms with E-state index in [2.05, 4.69) is 4.90 Å². The van der Waals surface area contributed by atoms with Gasteiger partial charge in [-0.2, -0.15) is 5.26 Å². The number of hydrogen-bond acceptors (Lipinski definition) is 8. The van der Waals surface area contributed by atoms with Crippen LogP contribution in [0.5, 0.6) is 5.75 Å². The van der Waals surface area contributed by atoms with E-state index in [-0.39, 0.29) is 28.1 Å². The lowest BCUT2D eigenvalue weighted by Gasteiger charge is -2.41.